The first kappa shape index (κ1) is 13.9. The molecule has 98 valence electrons. The van der Waals surface area contributed by atoms with Gasteiger partial charge in [-0.3, -0.25) is 4.79 Å². The lowest BCUT2D eigenvalue weighted by molar-refractivity contribution is 0.102. The van der Waals surface area contributed by atoms with Crippen LogP contribution in [0.3, 0.4) is 0 Å². The Morgan fingerprint density at radius 2 is 1.84 bits per heavy atom. The van der Waals surface area contributed by atoms with Crippen molar-refractivity contribution in [2.75, 3.05) is 5.32 Å². The normalized spacial score (nSPS) is 10.3. The molecule has 0 fully saturated rings. The summed E-state index contributed by atoms with van der Waals surface area (Å²) >= 11 is 11.8. The van der Waals surface area contributed by atoms with Crippen molar-refractivity contribution < 1.29 is 4.79 Å². The highest BCUT2D eigenvalue weighted by atomic mass is 35.5. The van der Waals surface area contributed by atoms with E-state index >= 15 is 0 Å². The number of aryl methyl sites for hydroxylation is 1. The SMILES string of the molecule is Cc1cccc(C(=O)Nc2ccc(CCl)cc2)c1Cl. The molecule has 0 saturated heterocycles. The Kier molecular flexibility index (Phi) is 4.46. The Bertz CT molecular complexity index is 594. The first-order valence-corrected chi connectivity index (χ1v) is 6.74. The Labute approximate surface area is 122 Å². The number of hydrogen-bond donors (Lipinski definition) is 1. The van der Waals surface area contributed by atoms with Gasteiger partial charge < -0.3 is 5.32 Å². The molecule has 0 saturated carbocycles. The molecular weight excluding hydrogens is 281 g/mol. The third-order valence-corrected chi connectivity index (χ3v) is 3.61. The fraction of sp³-hybridized carbons (Fsp3) is 0.133. The minimum Gasteiger partial charge on any atom is -0.322 e. The largest absolute Gasteiger partial charge is 0.322 e. The summed E-state index contributed by atoms with van der Waals surface area (Å²) in [4.78, 5) is 12.1. The van der Waals surface area contributed by atoms with E-state index in [2.05, 4.69) is 5.32 Å². The highest BCUT2D eigenvalue weighted by Gasteiger charge is 2.11. The standard InChI is InChI=1S/C15H13Cl2NO/c1-10-3-2-4-13(14(10)17)15(19)18-12-7-5-11(9-16)6-8-12/h2-8H,9H2,1H3,(H,18,19). The zero-order valence-corrected chi connectivity index (χ0v) is 11.9. The van der Waals surface area contributed by atoms with Crippen LogP contribution >= 0.6 is 23.2 Å². The molecular formula is C15H13Cl2NO. The number of hydrogen-bond acceptors (Lipinski definition) is 1. The third kappa shape index (κ3) is 3.28. The van der Waals surface area contributed by atoms with Crippen LogP contribution in [0.4, 0.5) is 5.69 Å². The van der Waals surface area contributed by atoms with Crippen LogP contribution < -0.4 is 5.32 Å². The van der Waals surface area contributed by atoms with Crippen molar-refractivity contribution in [3.05, 3.63) is 64.2 Å². The number of carbonyl (C=O) groups is 1. The maximum absolute atomic E-state index is 12.1. The van der Waals surface area contributed by atoms with Crippen LogP contribution in [0.2, 0.25) is 5.02 Å². The molecule has 1 N–H and O–H groups in total. The van der Waals surface area contributed by atoms with E-state index in [0.717, 1.165) is 16.8 Å². The van der Waals surface area contributed by atoms with Gasteiger partial charge in [-0.25, -0.2) is 0 Å². The zero-order valence-electron chi connectivity index (χ0n) is 10.4. The van der Waals surface area contributed by atoms with E-state index in [-0.39, 0.29) is 5.91 Å². The first-order chi connectivity index (χ1) is 9.11. The number of alkyl halides is 1. The topological polar surface area (TPSA) is 29.1 Å². The second kappa shape index (κ2) is 6.09. The molecule has 0 bridgehead atoms. The van der Waals surface area contributed by atoms with E-state index in [9.17, 15) is 4.79 Å². The summed E-state index contributed by atoms with van der Waals surface area (Å²) in [5, 5.41) is 3.29. The number of rotatable bonds is 3. The molecule has 2 aromatic carbocycles. The summed E-state index contributed by atoms with van der Waals surface area (Å²) < 4.78 is 0. The van der Waals surface area contributed by atoms with Crippen molar-refractivity contribution >= 4 is 34.8 Å². The molecule has 0 spiro atoms. The lowest BCUT2D eigenvalue weighted by atomic mass is 10.1. The van der Waals surface area contributed by atoms with Gasteiger partial charge in [0.1, 0.15) is 0 Å². The molecule has 4 heteroatoms. The zero-order chi connectivity index (χ0) is 13.8. The van der Waals surface area contributed by atoms with Gasteiger partial charge in [0.05, 0.1) is 10.6 Å². The van der Waals surface area contributed by atoms with E-state index in [0.29, 0.717) is 16.5 Å². The molecule has 0 aliphatic rings. The molecule has 0 heterocycles. The molecule has 19 heavy (non-hydrogen) atoms. The van der Waals surface area contributed by atoms with Crippen molar-refractivity contribution in [3.8, 4) is 0 Å². The number of benzene rings is 2. The second-order valence-corrected chi connectivity index (χ2v) is 4.87. The van der Waals surface area contributed by atoms with Gasteiger partial charge in [0.2, 0.25) is 0 Å². The van der Waals surface area contributed by atoms with Crippen molar-refractivity contribution in [3.63, 3.8) is 0 Å². The van der Waals surface area contributed by atoms with Crippen LogP contribution in [0.25, 0.3) is 0 Å². The van der Waals surface area contributed by atoms with Gasteiger partial charge in [-0.05, 0) is 36.2 Å². The van der Waals surface area contributed by atoms with Crippen molar-refractivity contribution in [2.24, 2.45) is 0 Å². The Morgan fingerprint density at radius 3 is 2.47 bits per heavy atom. The summed E-state index contributed by atoms with van der Waals surface area (Å²) in [6, 6.07) is 12.8. The van der Waals surface area contributed by atoms with Crippen LogP contribution in [0.5, 0.6) is 0 Å². The third-order valence-electron chi connectivity index (χ3n) is 2.80. The summed E-state index contributed by atoms with van der Waals surface area (Å²) in [6.45, 7) is 1.87. The maximum Gasteiger partial charge on any atom is 0.257 e. The first-order valence-electron chi connectivity index (χ1n) is 5.83. The Balaban J connectivity index is 2.18. The predicted molar refractivity (Wildman–Crippen MR) is 80.1 cm³/mol. The van der Waals surface area contributed by atoms with Crippen LogP contribution in [0, 0.1) is 6.92 Å². The van der Waals surface area contributed by atoms with Gasteiger partial charge in [-0.15, -0.1) is 11.6 Å². The fourth-order valence-electron chi connectivity index (χ4n) is 1.70. The van der Waals surface area contributed by atoms with E-state index < -0.39 is 0 Å². The van der Waals surface area contributed by atoms with Crippen LogP contribution in [-0.4, -0.2) is 5.91 Å². The Hall–Kier alpha value is -1.51. The van der Waals surface area contributed by atoms with Gasteiger partial charge in [-0.2, -0.15) is 0 Å². The number of nitrogens with one attached hydrogen (secondary N) is 1. The molecule has 0 atom stereocenters. The van der Waals surface area contributed by atoms with Crippen molar-refractivity contribution in [1.29, 1.82) is 0 Å². The van der Waals surface area contributed by atoms with Gasteiger partial charge >= 0.3 is 0 Å². The van der Waals surface area contributed by atoms with Crippen molar-refractivity contribution in [1.82, 2.24) is 0 Å². The molecule has 0 unspecified atom stereocenters. The van der Waals surface area contributed by atoms with E-state index in [1.165, 1.54) is 0 Å². The van der Waals surface area contributed by atoms with Gasteiger partial charge in [0, 0.05) is 11.6 Å². The smallest absolute Gasteiger partial charge is 0.257 e. The molecule has 2 nitrogen and oxygen atoms in total. The summed E-state index contributed by atoms with van der Waals surface area (Å²) in [5.41, 5.74) is 3.08. The molecule has 2 rings (SSSR count). The fourth-order valence-corrected chi connectivity index (χ4v) is 2.09. The lowest BCUT2D eigenvalue weighted by Crippen LogP contribution is -2.12. The number of anilines is 1. The highest BCUT2D eigenvalue weighted by molar-refractivity contribution is 6.35. The average Bonchev–Trinajstić information content (AvgIpc) is 2.42. The molecule has 2 aromatic rings. The Morgan fingerprint density at radius 1 is 1.16 bits per heavy atom. The summed E-state index contributed by atoms with van der Waals surface area (Å²) in [5.74, 6) is 0.241. The van der Waals surface area contributed by atoms with Crippen molar-refractivity contribution in [2.45, 2.75) is 12.8 Å². The van der Waals surface area contributed by atoms with Gasteiger partial charge in [0.25, 0.3) is 5.91 Å². The quantitative estimate of drug-likeness (QED) is 0.821. The highest BCUT2D eigenvalue weighted by Crippen LogP contribution is 2.21. The molecule has 0 radical (unpaired) electrons. The van der Waals surface area contributed by atoms with Crippen LogP contribution in [0.1, 0.15) is 21.5 Å². The summed E-state index contributed by atoms with van der Waals surface area (Å²) in [7, 11) is 0. The lowest BCUT2D eigenvalue weighted by Gasteiger charge is -2.08. The molecule has 0 aliphatic carbocycles. The molecule has 0 aromatic heterocycles. The minimum atomic E-state index is -0.215. The van der Waals surface area contributed by atoms with Crippen LogP contribution in [0.15, 0.2) is 42.5 Å². The molecule has 0 aliphatic heterocycles. The number of carbonyl (C=O) groups excluding carboxylic acids is 1. The van der Waals surface area contributed by atoms with Gasteiger partial charge in [0.15, 0.2) is 0 Å². The second-order valence-electron chi connectivity index (χ2n) is 4.22. The minimum absolute atomic E-state index is 0.215. The monoisotopic (exact) mass is 293 g/mol. The summed E-state index contributed by atoms with van der Waals surface area (Å²) in [6.07, 6.45) is 0. The van der Waals surface area contributed by atoms with E-state index in [1.807, 2.05) is 43.3 Å². The van der Waals surface area contributed by atoms with Crippen LogP contribution in [-0.2, 0) is 5.88 Å². The van der Waals surface area contributed by atoms with E-state index in [1.54, 1.807) is 6.07 Å². The maximum atomic E-state index is 12.1. The van der Waals surface area contributed by atoms with Gasteiger partial charge in [-0.1, -0.05) is 35.9 Å². The van der Waals surface area contributed by atoms with E-state index in [4.69, 9.17) is 23.2 Å². The molecule has 1 amide bonds. The predicted octanol–water partition coefficient (Wildman–Crippen LogP) is 4.64. The average molecular weight is 294 g/mol. The number of amides is 1. The number of halogens is 2.